The van der Waals surface area contributed by atoms with Crippen LogP contribution in [-0.4, -0.2) is 37.1 Å². The van der Waals surface area contributed by atoms with Crippen LogP contribution in [0.25, 0.3) is 0 Å². The third-order valence-electron chi connectivity index (χ3n) is 4.86. The minimum absolute atomic E-state index is 0.163. The van der Waals surface area contributed by atoms with Crippen LogP contribution in [0, 0.1) is 0 Å². The molecule has 0 amide bonds. The summed E-state index contributed by atoms with van der Waals surface area (Å²) in [5.74, 6) is 0. The largest absolute Gasteiger partial charge is 0.416 e. The number of nitrogens with zero attached hydrogens (tertiary/aromatic N) is 1. The van der Waals surface area contributed by atoms with Crippen LogP contribution in [0.1, 0.15) is 16.7 Å². The Bertz CT molecular complexity index is 816. The smallest absolute Gasteiger partial charge is 0.379 e. The van der Waals surface area contributed by atoms with Crippen molar-refractivity contribution in [3.05, 3.63) is 53.1 Å². The zero-order valence-corrected chi connectivity index (χ0v) is 15.0. The van der Waals surface area contributed by atoms with Crippen molar-refractivity contribution in [2.45, 2.75) is 28.4 Å². The van der Waals surface area contributed by atoms with Gasteiger partial charge in [-0.1, -0.05) is 30.0 Å². The van der Waals surface area contributed by atoms with Gasteiger partial charge in [-0.25, -0.2) is 0 Å². The van der Waals surface area contributed by atoms with Crippen LogP contribution in [0.15, 0.2) is 46.2 Å². The molecule has 7 heteroatoms. The number of hydrogen-bond acceptors (Lipinski definition) is 4. The number of benzene rings is 2. The zero-order valence-electron chi connectivity index (χ0n) is 14.1. The Morgan fingerprint density at radius 3 is 2.65 bits per heavy atom. The van der Waals surface area contributed by atoms with E-state index in [2.05, 4.69) is 10.2 Å². The molecule has 0 bridgehead atoms. The number of nitrogens with one attached hydrogen (secondary N) is 1. The van der Waals surface area contributed by atoms with Gasteiger partial charge >= 0.3 is 6.18 Å². The predicted octanol–water partition coefficient (Wildman–Crippen LogP) is 3.82. The standard InChI is InChI=1S/C19H20F3N3S/c20-19(21,22)13-8-16(24-14-10-25(11-14)6-5-23)15-7-12-3-1-2-4-17(12)26-18(15)9-13/h1-4,8-9,14,24H,5-7,10-11,23H2. The van der Waals surface area contributed by atoms with E-state index in [0.29, 0.717) is 23.5 Å². The number of likely N-dealkylation sites (tertiary alicyclic amines) is 1. The molecule has 1 fully saturated rings. The maximum atomic E-state index is 13.4. The SMILES string of the molecule is NCCN1CC(Nc2cc(C(F)(F)F)cc3c2Cc2ccccc2S3)C1. The Balaban J connectivity index is 1.65. The van der Waals surface area contributed by atoms with Crippen LogP contribution in [0.3, 0.4) is 0 Å². The van der Waals surface area contributed by atoms with E-state index in [1.54, 1.807) is 0 Å². The topological polar surface area (TPSA) is 41.3 Å². The molecule has 3 N–H and O–H groups in total. The van der Waals surface area contributed by atoms with Gasteiger partial charge in [0.25, 0.3) is 0 Å². The first-order chi connectivity index (χ1) is 12.4. The summed E-state index contributed by atoms with van der Waals surface area (Å²) in [6.45, 7) is 3.04. The second-order valence-corrected chi connectivity index (χ2v) is 7.86. The normalized spacial score (nSPS) is 17.4. The molecule has 2 aromatic carbocycles. The maximum Gasteiger partial charge on any atom is 0.416 e. The summed E-state index contributed by atoms with van der Waals surface area (Å²) in [5, 5.41) is 3.34. The van der Waals surface area contributed by atoms with E-state index in [4.69, 9.17) is 5.73 Å². The van der Waals surface area contributed by atoms with Crippen molar-refractivity contribution < 1.29 is 13.2 Å². The number of fused-ring (bicyclic) bond motifs is 2. The molecule has 1 saturated heterocycles. The summed E-state index contributed by atoms with van der Waals surface area (Å²) in [6, 6.07) is 10.6. The van der Waals surface area contributed by atoms with Gasteiger partial charge in [0.15, 0.2) is 0 Å². The molecular formula is C19H20F3N3S. The quantitative estimate of drug-likeness (QED) is 0.723. The van der Waals surface area contributed by atoms with Crippen molar-refractivity contribution in [2.24, 2.45) is 5.73 Å². The molecule has 138 valence electrons. The van der Waals surface area contributed by atoms with Crippen LogP contribution < -0.4 is 11.1 Å². The Morgan fingerprint density at radius 1 is 1.15 bits per heavy atom. The van der Waals surface area contributed by atoms with E-state index < -0.39 is 11.7 Å². The molecule has 0 atom stereocenters. The van der Waals surface area contributed by atoms with Crippen molar-refractivity contribution in [2.75, 3.05) is 31.5 Å². The molecule has 0 saturated carbocycles. The summed E-state index contributed by atoms with van der Waals surface area (Å²) in [6.07, 6.45) is -3.70. The fraction of sp³-hybridized carbons (Fsp3) is 0.368. The highest BCUT2D eigenvalue weighted by atomic mass is 32.2. The molecule has 0 spiro atoms. The van der Waals surface area contributed by atoms with Crippen LogP contribution in [0.4, 0.5) is 18.9 Å². The lowest BCUT2D eigenvalue weighted by molar-refractivity contribution is -0.137. The first-order valence-corrected chi connectivity index (χ1v) is 9.44. The van der Waals surface area contributed by atoms with Gasteiger partial charge in [-0.15, -0.1) is 0 Å². The van der Waals surface area contributed by atoms with Crippen molar-refractivity contribution in [3.8, 4) is 0 Å². The number of anilines is 1. The molecule has 0 unspecified atom stereocenters. The van der Waals surface area contributed by atoms with E-state index in [1.807, 2.05) is 24.3 Å². The Hall–Kier alpha value is -1.70. The fourth-order valence-corrected chi connectivity index (χ4v) is 4.66. The highest BCUT2D eigenvalue weighted by Gasteiger charge is 2.34. The third kappa shape index (κ3) is 3.43. The van der Waals surface area contributed by atoms with E-state index in [0.717, 1.165) is 35.7 Å². The first-order valence-electron chi connectivity index (χ1n) is 8.63. The highest BCUT2D eigenvalue weighted by Crippen LogP contribution is 2.45. The molecule has 4 rings (SSSR count). The van der Waals surface area contributed by atoms with Gasteiger partial charge in [0, 0.05) is 48.1 Å². The Morgan fingerprint density at radius 2 is 1.92 bits per heavy atom. The van der Waals surface area contributed by atoms with Crippen LogP contribution in [-0.2, 0) is 12.6 Å². The van der Waals surface area contributed by atoms with Crippen molar-refractivity contribution >= 4 is 17.4 Å². The van der Waals surface area contributed by atoms with Crippen LogP contribution >= 0.6 is 11.8 Å². The van der Waals surface area contributed by atoms with Crippen molar-refractivity contribution in [1.29, 1.82) is 0 Å². The molecule has 0 aliphatic carbocycles. The summed E-state index contributed by atoms with van der Waals surface area (Å²) in [4.78, 5) is 3.92. The number of rotatable bonds is 4. The zero-order chi connectivity index (χ0) is 18.3. The second kappa shape index (κ2) is 6.79. The van der Waals surface area contributed by atoms with Crippen LogP contribution in [0.2, 0.25) is 0 Å². The molecule has 0 aromatic heterocycles. The summed E-state index contributed by atoms with van der Waals surface area (Å²) < 4.78 is 40.1. The number of alkyl halides is 3. The van der Waals surface area contributed by atoms with Crippen molar-refractivity contribution in [3.63, 3.8) is 0 Å². The summed E-state index contributed by atoms with van der Waals surface area (Å²) in [7, 11) is 0. The Kier molecular flexibility index (Phi) is 4.62. The number of halogens is 3. The molecule has 26 heavy (non-hydrogen) atoms. The van der Waals surface area contributed by atoms with Crippen LogP contribution in [0.5, 0.6) is 0 Å². The monoisotopic (exact) mass is 379 g/mol. The predicted molar refractivity (Wildman–Crippen MR) is 97.7 cm³/mol. The van der Waals surface area contributed by atoms with E-state index >= 15 is 0 Å². The maximum absolute atomic E-state index is 13.4. The third-order valence-corrected chi connectivity index (χ3v) is 6.06. The molecule has 2 aliphatic rings. The lowest BCUT2D eigenvalue weighted by Gasteiger charge is -2.40. The number of hydrogen-bond donors (Lipinski definition) is 2. The van der Waals surface area contributed by atoms with E-state index in [9.17, 15) is 13.2 Å². The van der Waals surface area contributed by atoms with Gasteiger partial charge in [0.1, 0.15) is 0 Å². The second-order valence-electron chi connectivity index (χ2n) is 6.77. The molecule has 0 radical (unpaired) electrons. The van der Waals surface area contributed by atoms with Gasteiger partial charge in [-0.2, -0.15) is 13.2 Å². The van der Waals surface area contributed by atoms with E-state index in [-0.39, 0.29) is 6.04 Å². The minimum Gasteiger partial charge on any atom is -0.379 e. The highest BCUT2D eigenvalue weighted by molar-refractivity contribution is 7.99. The lowest BCUT2D eigenvalue weighted by Crippen LogP contribution is -2.55. The van der Waals surface area contributed by atoms with Gasteiger partial charge in [-0.3, -0.25) is 4.90 Å². The summed E-state index contributed by atoms with van der Waals surface area (Å²) in [5.41, 5.74) is 7.68. The van der Waals surface area contributed by atoms with Crippen molar-refractivity contribution in [1.82, 2.24) is 4.90 Å². The van der Waals surface area contributed by atoms with E-state index in [1.165, 1.54) is 23.9 Å². The molecular weight excluding hydrogens is 359 g/mol. The Labute approximate surface area is 154 Å². The minimum atomic E-state index is -4.35. The average Bonchev–Trinajstić information content (AvgIpc) is 2.57. The number of nitrogens with two attached hydrogens (primary N) is 1. The fourth-order valence-electron chi connectivity index (χ4n) is 3.52. The first kappa shape index (κ1) is 17.7. The molecule has 2 heterocycles. The van der Waals surface area contributed by atoms with Gasteiger partial charge < -0.3 is 11.1 Å². The molecule has 2 aliphatic heterocycles. The van der Waals surface area contributed by atoms with Gasteiger partial charge in [-0.05, 0) is 29.3 Å². The molecule has 2 aromatic rings. The summed E-state index contributed by atoms with van der Waals surface area (Å²) >= 11 is 1.42. The van der Waals surface area contributed by atoms with Gasteiger partial charge in [0.05, 0.1) is 11.6 Å². The average molecular weight is 379 g/mol. The van der Waals surface area contributed by atoms with Gasteiger partial charge in [0.2, 0.25) is 0 Å². The molecule has 3 nitrogen and oxygen atoms in total. The lowest BCUT2D eigenvalue weighted by atomic mass is 9.98.